The van der Waals surface area contributed by atoms with Gasteiger partial charge in [0.05, 0.1) is 29.1 Å². The molecule has 0 bridgehead atoms. The number of hydrogen-bond donors (Lipinski definition) is 0. The van der Waals surface area contributed by atoms with Gasteiger partial charge in [-0.15, -0.1) is 0 Å². The maximum absolute atomic E-state index is 12.8. The Hall–Kier alpha value is -2.36. The van der Waals surface area contributed by atoms with Crippen molar-refractivity contribution >= 4 is 27.3 Å². The second kappa shape index (κ2) is 8.12. The Morgan fingerprint density at radius 1 is 1.15 bits per heavy atom. The summed E-state index contributed by atoms with van der Waals surface area (Å²) in [5, 5.41) is 11.2. The van der Waals surface area contributed by atoms with Crippen molar-refractivity contribution in [2.45, 2.75) is 18.4 Å². The first-order valence-corrected chi connectivity index (χ1v) is 9.55. The molecule has 10 heteroatoms. The highest BCUT2D eigenvalue weighted by Crippen LogP contribution is 2.32. The normalized spacial score (nSPS) is 11.5. The van der Waals surface area contributed by atoms with Crippen molar-refractivity contribution in [3.05, 3.63) is 56.6 Å². The number of halogens is 1. The molecule has 0 saturated heterocycles. The Morgan fingerprint density at radius 3 is 2.33 bits per heavy atom. The minimum Gasteiger partial charge on any atom is -0.493 e. The van der Waals surface area contributed by atoms with Crippen LogP contribution in [-0.2, 0) is 16.6 Å². The second-order valence-electron chi connectivity index (χ2n) is 5.76. The van der Waals surface area contributed by atoms with Gasteiger partial charge in [0.15, 0.2) is 11.5 Å². The first kappa shape index (κ1) is 20.9. The Balaban J connectivity index is 2.38. The Kier molecular flexibility index (Phi) is 6.30. The summed E-state index contributed by atoms with van der Waals surface area (Å²) in [6, 6.07) is 7.27. The third kappa shape index (κ3) is 4.32. The number of benzene rings is 2. The largest absolute Gasteiger partial charge is 0.493 e. The fourth-order valence-corrected chi connectivity index (χ4v) is 3.97. The van der Waals surface area contributed by atoms with Gasteiger partial charge in [0.25, 0.3) is 5.69 Å². The number of sulfonamides is 1. The molecular weight excluding hydrogens is 396 g/mol. The number of methoxy groups -OCH3 is 2. The van der Waals surface area contributed by atoms with Gasteiger partial charge in [-0.1, -0.05) is 17.7 Å². The molecule has 27 heavy (non-hydrogen) atoms. The molecule has 0 saturated carbocycles. The molecule has 2 aromatic rings. The highest BCUT2D eigenvalue weighted by Gasteiger charge is 2.26. The van der Waals surface area contributed by atoms with Crippen LogP contribution in [0.3, 0.4) is 0 Å². The van der Waals surface area contributed by atoms with Crippen LogP contribution in [0.2, 0.25) is 5.02 Å². The van der Waals surface area contributed by atoms with Crippen LogP contribution in [-0.4, -0.2) is 38.9 Å². The van der Waals surface area contributed by atoms with Crippen molar-refractivity contribution in [2.24, 2.45) is 0 Å². The molecule has 0 aliphatic heterocycles. The first-order chi connectivity index (χ1) is 12.6. The predicted octanol–water partition coefficient (Wildman–Crippen LogP) is 3.39. The summed E-state index contributed by atoms with van der Waals surface area (Å²) in [6.07, 6.45) is 0. The Morgan fingerprint density at radius 2 is 1.78 bits per heavy atom. The van der Waals surface area contributed by atoms with Gasteiger partial charge in [0.2, 0.25) is 10.0 Å². The van der Waals surface area contributed by atoms with E-state index in [1.165, 1.54) is 34.3 Å². The third-order valence-electron chi connectivity index (χ3n) is 4.05. The number of rotatable bonds is 7. The van der Waals surface area contributed by atoms with E-state index in [2.05, 4.69) is 0 Å². The van der Waals surface area contributed by atoms with E-state index in [4.69, 9.17) is 21.1 Å². The topological polar surface area (TPSA) is 99.0 Å². The third-order valence-corrected chi connectivity index (χ3v) is 6.22. The van der Waals surface area contributed by atoms with Crippen molar-refractivity contribution in [2.75, 3.05) is 21.3 Å². The molecular formula is C17H19ClN2O6S. The molecule has 0 fully saturated rings. The molecule has 0 aliphatic carbocycles. The van der Waals surface area contributed by atoms with Crippen LogP contribution < -0.4 is 9.47 Å². The van der Waals surface area contributed by atoms with E-state index in [0.29, 0.717) is 17.1 Å². The molecule has 8 nitrogen and oxygen atoms in total. The fourth-order valence-electron chi connectivity index (χ4n) is 2.48. The average molecular weight is 415 g/mol. The molecule has 0 radical (unpaired) electrons. The van der Waals surface area contributed by atoms with Gasteiger partial charge < -0.3 is 9.47 Å². The molecule has 0 spiro atoms. The summed E-state index contributed by atoms with van der Waals surface area (Å²) in [6.45, 7) is 1.49. The van der Waals surface area contributed by atoms with Gasteiger partial charge in [0, 0.05) is 25.2 Å². The maximum atomic E-state index is 12.8. The quantitative estimate of drug-likeness (QED) is 0.508. The zero-order chi connectivity index (χ0) is 20.4. The molecule has 0 amide bonds. The van der Waals surface area contributed by atoms with Gasteiger partial charge in [-0.3, -0.25) is 10.1 Å². The fraction of sp³-hybridized carbons (Fsp3) is 0.294. The molecule has 0 unspecified atom stereocenters. The van der Waals surface area contributed by atoms with Crippen LogP contribution in [0, 0.1) is 17.0 Å². The van der Waals surface area contributed by atoms with Crippen LogP contribution >= 0.6 is 11.6 Å². The van der Waals surface area contributed by atoms with Crippen LogP contribution in [0.15, 0.2) is 35.2 Å². The van der Waals surface area contributed by atoms with E-state index in [9.17, 15) is 18.5 Å². The molecule has 0 N–H and O–H groups in total. The van der Waals surface area contributed by atoms with Gasteiger partial charge in [-0.2, -0.15) is 4.31 Å². The van der Waals surface area contributed by atoms with E-state index in [1.54, 1.807) is 18.2 Å². The van der Waals surface area contributed by atoms with Crippen molar-refractivity contribution in [3.63, 3.8) is 0 Å². The van der Waals surface area contributed by atoms with Gasteiger partial charge >= 0.3 is 0 Å². The summed E-state index contributed by atoms with van der Waals surface area (Å²) in [4.78, 5) is 10.3. The number of nitro benzene ring substituents is 1. The molecule has 2 aromatic carbocycles. The zero-order valence-electron chi connectivity index (χ0n) is 15.2. The lowest BCUT2D eigenvalue weighted by molar-refractivity contribution is -0.385. The van der Waals surface area contributed by atoms with Crippen molar-refractivity contribution < 1.29 is 22.8 Å². The van der Waals surface area contributed by atoms with Crippen molar-refractivity contribution in [3.8, 4) is 11.5 Å². The molecule has 146 valence electrons. The molecule has 0 aliphatic rings. The van der Waals surface area contributed by atoms with Crippen LogP contribution in [0.1, 0.15) is 11.1 Å². The number of hydrogen-bond acceptors (Lipinski definition) is 6. The minimum absolute atomic E-state index is 0.0160. The first-order valence-electron chi connectivity index (χ1n) is 7.73. The SMILES string of the molecule is COc1ccc(CN(C)S(=O)(=O)c2cc(Cl)c(C)c([N+](=O)[O-])c2)cc1OC. The van der Waals surface area contributed by atoms with Crippen molar-refractivity contribution in [1.82, 2.24) is 4.31 Å². The highest BCUT2D eigenvalue weighted by atomic mass is 35.5. The highest BCUT2D eigenvalue weighted by molar-refractivity contribution is 7.89. The van der Waals surface area contributed by atoms with Crippen LogP contribution in [0.25, 0.3) is 0 Å². The lowest BCUT2D eigenvalue weighted by atomic mass is 10.2. The smallest absolute Gasteiger partial charge is 0.275 e. The number of nitro groups is 1. The summed E-state index contributed by atoms with van der Waals surface area (Å²) in [5.74, 6) is 0.988. The van der Waals surface area contributed by atoms with Crippen LogP contribution in [0.5, 0.6) is 11.5 Å². The van der Waals surface area contributed by atoms with Gasteiger partial charge in [-0.25, -0.2) is 8.42 Å². The minimum atomic E-state index is -4.00. The van der Waals surface area contributed by atoms with Gasteiger partial charge in [-0.05, 0) is 30.7 Å². The molecule has 0 heterocycles. The maximum Gasteiger partial charge on any atom is 0.275 e. The van der Waals surface area contributed by atoms with E-state index in [0.717, 1.165) is 10.4 Å². The molecule has 0 aromatic heterocycles. The van der Waals surface area contributed by atoms with Crippen molar-refractivity contribution in [1.29, 1.82) is 0 Å². The Labute approximate surface area is 162 Å². The second-order valence-corrected chi connectivity index (χ2v) is 8.21. The Bertz CT molecular complexity index is 978. The average Bonchev–Trinajstić information content (AvgIpc) is 2.63. The van der Waals surface area contributed by atoms with Crippen LogP contribution in [0.4, 0.5) is 5.69 Å². The van der Waals surface area contributed by atoms with E-state index >= 15 is 0 Å². The predicted molar refractivity (Wildman–Crippen MR) is 101 cm³/mol. The molecule has 0 atom stereocenters. The van der Waals surface area contributed by atoms with E-state index < -0.39 is 14.9 Å². The molecule has 2 rings (SSSR count). The summed E-state index contributed by atoms with van der Waals surface area (Å²) < 4.78 is 37.1. The monoisotopic (exact) mass is 414 g/mol. The van der Waals surface area contributed by atoms with Gasteiger partial charge in [0.1, 0.15) is 0 Å². The lowest BCUT2D eigenvalue weighted by Crippen LogP contribution is -2.26. The number of nitrogens with zero attached hydrogens (tertiary/aromatic N) is 2. The van der Waals surface area contributed by atoms with E-state index in [-0.39, 0.29) is 27.7 Å². The lowest BCUT2D eigenvalue weighted by Gasteiger charge is -2.18. The summed E-state index contributed by atoms with van der Waals surface area (Å²) in [5.41, 5.74) is 0.523. The zero-order valence-corrected chi connectivity index (χ0v) is 16.8. The van der Waals surface area contributed by atoms with E-state index in [1.807, 2.05) is 0 Å². The number of ether oxygens (including phenoxy) is 2. The summed E-state index contributed by atoms with van der Waals surface area (Å²) >= 11 is 5.99. The standard InChI is InChI=1S/C17H19ClN2O6S/c1-11-14(18)8-13(9-15(11)20(21)22)27(23,24)19(2)10-12-5-6-16(25-3)17(7-12)26-4/h5-9H,10H2,1-4H3. The summed E-state index contributed by atoms with van der Waals surface area (Å²) in [7, 11) is 0.369.